The first-order valence-corrected chi connectivity index (χ1v) is 8.89. The van der Waals surface area contributed by atoms with Crippen molar-refractivity contribution in [2.24, 2.45) is 16.3 Å². The number of hydrogen-bond acceptors (Lipinski definition) is 2. The van der Waals surface area contributed by atoms with Gasteiger partial charge < -0.3 is 10.2 Å². The Bertz CT molecular complexity index is 353. The number of hydrogen-bond donors (Lipinski definition) is 1. The fraction of sp³-hybridized carbons (Fsp3) is 0.933. The van der Waals surface area contributed by atoms with E-state index < -0.39 is 0 Å². The molecule has 2 aliphatic carbocycles. The van der Waals surface area contributed by atoms with Gasteiger partial charge in [-0.2, -0.15) is 11.8 Å². The van der Waals surface area contributed by atoms with E-state index in [0.717, 1.165) is 36.8 Å². The van der Waals surface area contributed by atoms with Crippen LogP contribution in [0.25, 0.3) is 0 Å². The Balaban J connectivity index is 0.00000147. The van der Waals surface area contributed by atoms with Gasteiger partial charge in [0.25, 0.3) is 0 Å². The molecule has 0 aromatic rings. The molecule has 1 N–H and O–H groups in total. The van der Waals surface area contributed by atoms with Crippen LogP contribution >= 0.6 is 35.7 Å². The van der Waals surface area contributed by atoms with E-state index in [1.165, 1.54) is 37.9 Å². The predicted octanol–water partition coefficient (Wildman–Crippen LogP) is 3.20. The molecule has 116 valence electrons. The summed E-state index contributed by atoms with van der Waals surface area (Å²) >= 11 is 2.12. The maximum atomic E-state index is 4.51. The van der Waals surface area contributed by atoms with Crippen molar-refractivity contribution in [3.05, 3.63) is 0 Å². The molecule has 0 radical (unpaired) electrons. The number of nitrogens with zero attached hydrogens (tertiary/aromatic N) is 2. The minimum Gasteiger partial charge on any atom is -0.356 e. The zero-order chi connectivity index (χ0) is 13.3. The standard InChI is InChI=1S/C15H27N3S.HI/c1-3-13-10-18(8-9-19-13)14(16-2)17-11-15(6-7-15)12-4-5-12;/h12-13H,3-11H2,1-2H3,(H,16,17);1H. The second-order valence-corrected chi connectivity index (χ2v) is 7.79. The SMILES string of the molecule is CCC1CN(C(=NC)NCC2(C3CC3)CC2)CCS1.I. The summed E-state index contributed by atoms with van der Waals surface area (Å²) in [6.45, 7) is 5.77. The highest BCUT2D eigenvalue weighted by Gasteiger charge is 2.53. The molecule has 0 aromatic heterocycles. The van der Waals surface area contributed by atoms with Crippen LogP contribution in [0.5, 0.6) is 0 Å². The first-order valence-electron chi connectivity index (χ1n) is 7.84. The number of guanidine groups is 1. The van der Waals surface area contributed by atoms with E-state index in [9.17, 15) is 0 Å². The first-order chi connectivity index (χ1) is 9.27. The van der Waals surface area contributed by atoms with Crippen LogP contribution in [0.3, 0.4) is 0 Å². The van der Waals surface area contributed by atoms with Crippen molar-refractivity contribution in [2.75, 3.05) is 32.4 Å². The van der Waals surface area contributed by atoms with Crippen molar-refractivity contribution in [1.29, 1.82) is 0 Å². The minimum absolute atomic E-state index is 0. The largest absolute Gasteiger partial charge is 0.356 e. The average Bonchev–Trinajstić information content (AvgIpc) is 3.31. The zero-order valence-corrected chi connectivity index (χ0v) is 15.9. The fourth-order valence-corrected chi connectivity index (χ4v) is 4.51. The van der Waals surface area contributed by atoms with Gasteiger partial charge in [-0.05, 0) is 43.4 Å². The van der Waals surface area contributed by atoms with Crippen LogP contribution in [0.15, 0.2) is 4.99 Å². The summed E-state index contributed by atoms with van der Waals surface area (Å²) in [5.41, 5.74) is 0.657. The topological polar surface area (TPSA) is 27.6 Å². The summed E-state index contributed by atoms with van der Waals surface area (Å²) in [6, 6.07) is 0. The van der Waals surface area contributed by atoms with Crippen molar-refractivity contribution < 1.29 is 0 Å². The third kappa shape index (κ3) is 3.76. The lowest BCUT2D eigenvalue weighted by molar-refractivity contribution is 0.383. The highest BCUT2D eigenvalue weighted by atomic mass is 127. The van der Waals surface area contributed by atoms with Crippen LogP contribution in [0.1, 0.15) is 39.0 Å². The molecule has 1 saturated heterocycles. The number of aliphatic imine (C=N–C) groups is 1. The summed E-state index contributed by atoms with van der Waals surface area (Å²) < 4.78 is 0. The van der Waals surface area contributed by atoms with E-state index in [4.69, 9.17) is 0 Å². The van der Waals surface area contributed by atoms with Gasteiger partial charge in [0.15, 0.2) is 5.96 Å². The molecule has 1 heterocycles. The van der Waals surface area contributed by atoms with E-state index in [2.05, 4.69) is 33.9 Å². The number of rotatable bonds is 4. The fourth-order valence-electron chi connectivity index (χ4n) is 3.33. The van der Waals surface area contributed by atoms with Crippen LogP contribution < -0.4 is 5.32 Å². The minimum atomic E-state index is 0. The third-order valence-corrected chi connectivity index (χ3v) is 6.41. The maximum absolute atomic E-state index is 4.51. The number of thioether (sulfide) groups is 1. The lowest BCUT2D eigenvalue weighted by Crippen LogP contribution is -2.49. The van der Waals surface area contributed by atoms with Crippen LogP contribution in [0, 0.1) is 11.3 Å². The second kappa shape index (κ2) is 7.07. The monoisotopic (exact) mass is 409 g/mol. The van der Waals surface area contributed by atoms with Gasteiger partial charge in [0.1, 0.15) is 0 Å². The van der Waals surface area contributed by atoms with Gasteiger partial charge in [-0.15, -0.1) is 24.0 Å². The molecule has 0 bridgehead atoms. The summed E-state index contributed by atoms with van der Waals surface area (Å²) in [5.74, 6) is 3.41. The van der Waals surface area contributed by atoms with E-state index >= 15 is 0 Å². The molecular formula is C15H28IN3S. The van der Waals surface area contributed by atoms with Crippen molar-refractivity contribution >= 4 is 41.7 Å². The summed E-state index contributed by atoms with van der Waals surface area (Å²) in [7, 11) is 1.93. The third-order valence-electron chi connectivity index (χ3n) is 5.04. The zero-order valence-electron chi connectivity index (χ0n) is 12.7. The average molecular weight is 409 g/mol. The number of nitrogens with one attached hydrogen (secondary N) is 1. The lowest BCUT2D eigenvalue weighted by atomic mass is 10.0. The van der Waals surface area contributed by atoms with Crippen molar-refractivity contribution in [3.8, 4) is 0 Å². The van der Waals surface area contributed by atoms with E-state index in [0.29, 0.717) is 5.41 Å². The molecule has 3 nitrogen and oxygen atoms in total. The normalized spacial score (nSPS) is 28.8. The molecule has 3 rings (SSSR count). The summed E-state index contributed by atoms with van der Waals surface area (Å²) in [4.78, 5) is 6.98. The Morgan fingerprint density at radius 1 is 1.40 bits per heavy atom. The Kier molecular flexibility index (Phi) is 5.91. The predicted molar refractivity (Wildman–Crippen MR) is 99.3 cm³/mol. The van der Waals surface area contributed by atoms with Crippen molar-refractivity contribution in [1.82, 2.24) is 10.2 Å². The van der Waals surface area contributed by atoms with Crippen LogP contribution in [0.2, 0.25) is 0 Å². The molecule has 1 unspecified atom stereocenters. The molecule has 20 heavy (non-hydrogen) atoms. The maximum Gasteiger partial charge on any atom is 0.193 e. The molecule has 0 amide bonds. The Morgan fingerprint density at radius 3 is 2.70 bits per heavy atom. The van der Waals surface area contributed by atoms with E-state index in [1.54, 1.807) is 0 Å². The Hall–Kier alpha value is 0.350. The molecular weight excluding hydrogens is 381 g/mol. The lowest BCUT2D eigenvalue weighted by Gasteiger charge is -2.35. The van der Waals surface area contributed by atoms with Gasteiger partial charge in [0.2, 0.25) is 0 Å². The molecule has 0 spiro atoms. The van der Waals surface area contributed by atoms with Gasteiger partial charge in [0, 0.05) is 37.7 Å². The van der Waals surface area contributed by atoms with Gasteiger partial charge in [-0.3, -0.25) is 4.99 Å². The quantitative estimate of drug-likeness (QED) is 0.439. The van der Waals surface area contributed by atoms with Gasteiger partial charge in [0.05, 0.1) is 0 Å². The molecule has 1 aliphatic heterocycles. The van der Waals surface area contributed by atoms with Crippen molar-refractivity contribution in [3.63, 3.8) is 0 Å². The van der Waals surface area contributed by atoms with E-state index in [-0.39, 0.29) is 24.0 Å². The first kappa shape index (κ1) is 16.7. The molecule has 2 saturated carbocycles. The second-order valence-electron chi connectivity index (χ2n) is 6.38. The Labute approximate surface area is 144 Å². The smallest absolute Gasteiger partial charge is 0.193 e. The van der Waals surface area contributed by atoms with Gasteiger partial charge >= 0.3 is 0 Å². The molecule has 0 aromatic carbocycles. The summed E-state index contributed by atoms with van der Waals surface area (Å²) in [5, 5.41) is 4.46. The summed E-state index contributed by atoms with van der Waals surface area (Å²) in [6.07, 6.45) is 7.09. The van der Waals surface area contributed by atoms with E-state index in [1.807, 2.05) is 7.05 Å². The molecule has 1 atom stereocenters. The highest BCUT2D eigenvalue weighted by molar-refractivity contribution is 14.0. The van der Waals surface area contributed by atoms with Crippen LogP contribution in [-0.4, -0.2) is 48.5 Å². The van der Waals surface area contributed by atoms with Crippen LogP contribution in [-0.2, 0) is 0 Å². The highest BCUT2D eigenvalue weighted by Crippen LogP contribution is 2.60. The van der Waals surface area contributed by atoms with Crippen molar-refractivity contribution in [2.45, 2.75) is 44.3 Å². The molecule has 3 aliphatic rings. The molecule has 5 heteroatoms. The van der Waals surface area contributed by atoms with Gasteiger partial charge in [-0.25, -0.2) is 0 Å². The van der Waals surface area contributed by atoms with Crippen LogP contribution in [0.4, 0.5) is 0 Å². The molecule has 3 fully saturated rings. The van der Waals surface area contributed by atoms with Gasteiger partial charge in [-0.1, -0.05) is 6.92 Å². The Morgan fingerprint density at radius 2 is 2.15 bits per heavy atom. The number of halogens is 1.